The molecule has 0 bridgehead atoms. The summed E-state index contributed by atoms with van der Waals surface area (Å²) in [4.78, 5) is 35.8. The van der Waals surface area contributed by atoms with Crippen LogP contribution >= 0.6 is 0 Å². The van der Waals surface area contributed by atoms with E-state index in [0.29, 0.717) is 25.9 Å². The fourth-order valence-electron chi connectivity index (χ4n) is 5.74. The minimum absolute atomic E-state index is 0.0897. The molecule has 0 amide bonds. The minimum atomic E-state index is -0.501. The third-order valence-corrected chi connectivity index (χ3v) is 6.90. The summed E-state index contributed by atoms with van der Waals surface area (Å²) in [6.07, 6.45) is 15.9. The zero-order valence-corrected chi connectivity index (χ0v) is 17.0. The molecule has 0 unspecified atom stereocenters. The first-order valence-electron chi connectivity index (χ1n) is 10.6. The summed E-state index contributed by atoms with van der Waals surface area (Å²) >= 11 is 0. The number of Topliss-reactive ketones (excluding diaryl/α,β-unsaturated/α-hetero) is 1. The molecule has 3 heterocycles. The molecule has 1 spiro atoms. The molecule has 1 aromatic heterocycles. The van der Waals surface area contributed by atoms with Crippen LogP contribution in [0.5, 0.6) is 0 Å². The normalized spacial score (nSPS) is 25.2. The van der Waals surface area contributed by atoms with Crippen LogP contribution in [-0.2, 0) is 10.2 Å². The Morgan fingerprint density at radius 1 is 0.871 bits per heavy atom. The SMILES string of the molecule is O=C1C[C@H](N2C=CN=CC2)C2(c3ccccc3-c3nccnc32)[C@@H](N2C=CN=CC2)C1. The maximum Gasteiger partial charge on any atom is 0.137 e. The predicted molar refractivity (Wildman–Crippen MR) is 119 cm³/mol. The molecule has 7 nitrogen and oxygen atoms in total. The average Bonchev–Trinajstić information content (AvgIpc) is 3.13. The standard InChI is InChI=1S/C24H22N6O/c31-17-15-20(29-11-7-25-8-12-29)24(21(16-17)30-13-9-26-10-14-30)19-4-2-1-3-18(19)22-23(24)28-6-5-27-22/h1-11,13,20-21H,12,14-16H2/t20-,21-/m0/s1. The minimum Gasteiger partial charge on any atom is -0.366 e. The molecule has 0 radical (unpaired) electrons. The van der Waals surface area contributed by atoms with E-state index in [1.54, 1.807) is 24.8 Å². The lowest BCUT2D eigenvalue weighted by Gasteiger charge is -2.54. The molecule has 1 fully saturated rings. The molecule has 0 saturated heterocycles. The Morgan fingerprint density at radius 3 is 2.16 bits per heavy atom. The molecular weight excluding hydrogens is 388 g/mol. The van der Waals surface area contributed by atoms with E-state index < -0.39 is 5.41 Å². The van der Waals surface area contributed by atoms with Crippen LogP contribution in [0.25, 0.3) is 11.3 Å². The second-order valence-corrected chi connectivity index (χ2v) is 8.30. The number of hydrogen-bond donors (Lipinski definition) is 0. The van der Waals surface area contributed by atoms with Crippen LogP contribution in [0.15, 0.2) is 71.4 Å². The van der Waals surface area contributed by atoms with Crippen molar-refractivity contribution in [2.75, 3.05) is 13.1 Å². The number of carbonyl (C=O) groups is 1. The fourth-order valence-corrected chi connectivity index (χ4v) is 5.74. The molecule has 31 heavy (non-hydrogen) atoms. The Labute approximate surface area is 180 Å². The summed E-state index contributed by atoms with van der Waals surface area (Å²) in [7, 11) is 0. The van der Waals surface area contributed by atoms with Gasteiger partial charge in [0.1, 0.15) is 5.78 Å². The van der Waals surface area contributed by atoms with Gasteiger partial charge in [0.05, 0.1) is 42.0 Å². The number of aromatic nitrogens is 2. The number of carbonyl (C=O) groups excluding carboxylic acids is 1. The van der Waals surface area contributed by atoms with E-state index in [9.17, 15) is 4.79 Å². The van der Waals surface area contributed by atoms with Crippen LogP contribution in [0.3, 0.4) is 0 Å². The molecule has 1 aromatic carbocycles. The fraction of sp³-hybridized carbons (Fsp3) is 0.292. The van der Waals surface area contributed by atoms with Crippen molar-refractivity contribution in [3.05, 3.63) is 72.7 Å². The van der Waals surface area contributed by atoms with Crippen LogP contribution in [0.2, 0.25) is 0 Å². The van der Waals surface area contributed by atoms with Gasteiger partial charge in [0, 0.05) is 68.0 Å². The molecule has 2 atom stereocenters. The topological polar surface area (TPSA) is 74.1 Å². The number of aliphatic imine (C=N–C) groups is 2. The van der Waals surface area contributed by atoms with Crippen LogP contribution in [0.4, 0.5) is 0 Å². The number of benzene rings is 1. The van der Waals surface area contributed by atoms with Gasteiger partial charge in [-0.2, -0.15) is 0 Å². The first kappa shape index (κ1) is 18.2. The van der Waals surface area contributed by atoms with E-state index in [-0.39, 0.29) is 17.9 Å². The molecule has 2 aliphatic carbocycles. The highest BCUT2D eigenvalue weighted by Crippen LogP contribution is 2.56. The Bertz CT molecular complexity index is 1080. The molecule has 154 valence electrons. The second kappa shape index (κ2) is 6.97. The zero-order chi connectivity index (χ0) is 20.8. The van der Waals surface area contributed by atoms with Crippen molar-refractivity contribution in [1.29, 1.82) is 0 Å². The molecular formula is C24H22N6O. The third kappa shape index (κ3) is 2.55. The van der Waals surface area contributed by atoms with Gasteiger partial charge in [0.2, 0.25) is 0 Å². The third-order valence-electron chi connectivity index (χ3n) is 6.90. The quantitative estimate of drug-likeness (QED) is 0.761. The van der Waals surface area contributed by atoms with Crippen molar-refractivity contribution in [3.63, 3.8) is 0 Å². The van der Waals surface area contributed by atoms with Gasteiger partial charge in [-0.15, -0.1) is 0 Å². The molecule has 2 aliphatic heterocycles. The summed E-state index contributed by atoms with van der Waals surface area (Å²) in [5, 5.41) is 0. The van der Waals surface area contributed by atoms with E-state index in [1.165, 1.54) is 5.56 Å². The van der Waals surface area contributed by atoms with Crippen molar-refractivity contribution in [1.82, 2.24) is 19.8 Å². The maximum atomic E-state index is 13.1. The van der Waals surface area contributed by atoms with E-state index in [2.05, 4.69) is 44.1 Å². The summed E-state index contributed by atoms with van der Waals surface area (Å²) in [5.41, 5.74) is 3.70. The molecule has 4 aliphatic rings. The summed E-state index contributed by atoms with van der Waals surface area (Å²) < 4.78 is 0. The molecule has 0 N–H and O–H groups in total. The van der Waals surface area contributed by atoms with Crippen molar-refractivity contribution in [3.8, 4) is 11.3 Å². The zero-order valence-electron chi connectivity index (χ0n) is 17.0. The first-order valence-corrected chi connectivity index (χ1v) is 10.6. The average molecular weight is 410 g/mol. The summed E-state index contributed by atoms with van der Waals surface area (Å²) in [5.74, 6) is 0.266. The smallest absolute Gasteiger partial charge is 0.137 e. The number of hydrogen-bond acceptors (Lipinski definition) is 7. The molecule has 6 rings (SSSR count). The number of fused-ring (bicyclic) bond motifs is 5. The first-order chi connectivity index (χ1) is 15.3. The number of ketones is 1. The van der Waals surface area contributed by atoms with Gasteiger partial charge in [-0.25, -0.2) is 0 Å². The van der Waals surface area contributed by atoms with E-state index in [0.717, 1.165) is 17.0 Å². The molecule has 7 heteroatoms. The highest BCUT2D eigenvalue weighted by molar-refractivity contribution is 5.86. The predicted octanol–water partition coefficient (Wildman–Crippen LogP) is 2.56. The lowest BCUT2D eigenvalue weighted by molar-refractivity contribution is -0.125. The monoisotopic (exact) mass is 410 g/mol. The summed E-state index contributed by atoms with van der Waals surface area (Å²) in [6.45, 7) is 1.33. The van der Waals surface area contributed by atoms with Crippen LogP contribution < -0.4 is 0 Å². The van der Waals surface area contributed by atoms with Gasteiger partial charge in [-0.3, -0.25) is 24.7 Å². The molecule has 2 aromatic rings. The van der Waals surface area contributed by atoms with Crippen molar-refractivity contribution >= 4 is 18.2 Å². The van der Waals surface area contributed by atoms with Crippen LogP contribution in [0, 0.1) is 0 Å². The van der Waals surface area contributed by atoms with Gasteiger partial charge in [-0.05, 0) is 5.56 Å². The van der Waals surface area contributed by atoms with E-state index in [4.69, 9.17) is 9.97 Å². The number of rotatable bonds is 2. The van der Waals surface area contributed by atoms with Crippen molar-refractivity contribution < 1.29 is 4.79 Å². The van der Waals surface area contributed by atoms with Crippen LogP contribution in [0.1, 0.15) is 24.1 Å². The van der Waals surface area contributed by atoms with Gasteiger partial charge in [0.25, 0.3) is 0 Å². The highest BCUT2D eigenvalue weighted by atomic mass is 16.1. The maximum absolute atomic E-state index is 13.1. The lowest BCUT2D eigenvalue weighted by atomic mass is 9.61. The van der Waals surface area contributed by atoms with E-state index >= 15 is 0 Å². The Morgan fingerprint density at radius 2 is 1.52 bits per heavy atom. The Hall–Kier alpha value is -3.61. The largest absolute Gasteiger partial charge is 0.366 e. The Kier molecular flexibility index (Phi) is 4.09. The Balaban J connectivity index is 1.64. The van der Waals surface area contributed by atoms with Crippen molar-refractivity contribution in [2.24, 2.45) is 9.98 Å². The number of nitrogens with zero attached hydrogens (tertiary/aromatic N) is 6. The van der Waals surface area contributed by atoms with Gasteiger partial charge in [0.15, 0.2) is 0 Å². The summed E-state index contributed by atoms with van der Waals surface area (Å²) in [6, 6.07) is 8.27. The second-order valence-electron chi connectivity index (χ2n) is 8.30. The van der Waals surface area contributed by atoms with Crippen LogP contribution in [-0.4, -0.2) is 63.2 Å². The highest BCUT2D eigenvalue weighted by Gasteiger charge is 2.61. The van der Waals surface area contributed by atoms with E-state index in [1.807, 2.05) is 24.8 Å². The lowest BCUT2D eigenvalue weighted by Crippen LogP contribution is -2.64. The molecule has 1 saturated carbocycles. The van der Waals surface area contributed by atoms with Gasteiger partial charge in [-0.1, -0.05) is 24.3 Å². The van der Waals surface area contributed by atoms with Crippen molar-refractivity contribution in [2.45, 2.75) is 30.3 Å². The van der Waals surface area contributed by atoms with Gasteiger partial charge >= 0.3 is 0 Å². The van der Waals surface area contributed by atoms with Gasteiger partial charge < -0.3 is 9.80 Å².